The van der Waals surface area contributed by atoms with Crippen LogP contribution in [0.3, 0.4) is 0 Å². The standard InChI is InChI=1S/C14H14FNO4S/c15-12-3-1-10(2-4-13(17)18)9-11(12)14(19)16-5-7-21(20)8-6-16/h1-4,9H,5-8H2,(H,17,18). The van der Waals surface area contributed by atoms with Crippen LogP contribution in [0.4, 0.5) is 4.39 Å². The molecule has 0 aliphatic carbocycles. The fraction of sp³-hybridized carbons (Fsp3) is 0.286. The van der Waals surface area contributed by atoms with Gasteiger partial charge in [-0.25, -0.2) is 9.18 Å². The molecule has 0 radical (unpaired) electrons. The third-order valence-electron chi connectivity index (χ3n) is 3.10. The molecule has 1 heterocycles. The summed E-state index contributed by atoms with van der Waals surface area (Å²) in [7, 11) is -0.916. The van der Waals surface area contributed by atoms with Gasteiger partial charge in [-0.05, 0) is 23.8 Å². The molecule has 0 unspecified atom stereocenters. The van der Waals surface area contributed by atoms with Crippen LogP contribution in [0.2, 0.25) is 0 Å². The number of carbonyl (C=O) groups is 2. The molecule has 1 aromatic rings. The van der Waals surface area contributed by atoms with Crippen LogP contribution in [0.15, 0.2) is 24.3 Å². The Hall–Kier alpha value is -2.02. The average molecular weight is 311 g/mol. The molecule has 0 atom stereocenters. The lowest BCUT2D eigenvalue weighted by Gasteiger charge is -2.26. The smallest absolute Gasteiger partial charge is 0.328 e. The molecule has 1 aliphatic heterocycles. The fourth-order valence-corrected chi connectivity index (χ4v) is 3.04. The van der Waals surface area contributed by atoms with Crippen molar-refractivity contribution >= 4 is 28.8 Å². The van der Waals surface area contributed by atoms with E-state index >= 15 is 0 Å². The predicted octanol–water partition coefficient (Wildman–Crippen LogP) is 1.13. The molecule has 0 aromatic heterocycles. The van der Waals surface area contributed by atoms with Crippen molar-refractivity contribution in [3.63, 3.8) is 0 Å². The van der Waals surface area contributed by atoms with Crippen LogP contribution in [0.25, 0.3) is 6.08 Å². The van der Waals surface area contributed by atoms with Crippen molar-refractivity contribution in [2.75, 3.05) is 24.6 Å². The first-order valence-electron chi connectivity index (χ1n) is 6.32. The predicted molar refractivity (Wildman–Crippen MR) is 76.8 cm³/mol. The molecule has 1 N–H and O–H groups in total. The largest absolute Gasteiger partial charge is 0.478 e. The second-order valence-electron chi connectivity index (χ2n) is 4.55. The number of nitrogens with zero attached hydrogens (tertiary/aromatic N) is 1. The van der Waals surface area contributed by atoms with Crippen molar-refractivity contribution < 1.29 is 23.3 Å². The zero-order chi connectivity index (χ0) is 15.4. The first-order valence-corrected chi connectivity index (χ1v) is 7.81. The normalized spacial score (nSPS) is 16.3. The van der Waals surface area contributed by atoms with Crippen molar-refractivity contribution in [2.24, 2.45) is 0 Å². The summed E-state index contributed by atoms with van der Waals surface area (Å²) in [6.45, 7) is 0.667. The molecule has 112 valence electrons. The highest BCUT2D eigenvalue weighted by atomic mass is 32.2. The van der Waals surface area contributed by atoms with Gasteiger partial charge in [0.2, 0.25) is 0 Å². The van der Waals surface area contributed by atoms with E-state index in [9.17, 15) is 18.2 Å². The zero-order valence-corrected chi connectivity index (χ0v) is 11.9. The van der Waals surface area contributed by atoms with Crippen LogP contribution in [-0.4, -0.2) is 50.7 Å². The van der Waals surface area contributed by atoms with Crippen LogP contribution >= 0.6 is 0 Å². The molecule has 21 heavy (non-hydrogen) atoms. The lowest BCUT2D eigenvalue weighted by molar-refractivity contribution is -0.131. The van der Waals surface area contributed by atoms with Crippen LogP contribution < -0.4 is 0 Å². The number of carbonyl (C=O) groups excluding carboxylic acids is 1. The van der Waals surface area contributed by atoms with Crippen molar-refractivity contribution in [1.29, 1.82) is 0 Å². The Balaban J connectivity index is 2.21. The summed E-state index contributed by atoms with van der Waals surface area (Å²) in [4.78, 5) is 24.2. The minimum Gasteiger partial charge on any atom is -0.478 e. The summed E-state index contributed by atoms with van der Waals surface area (Å²) in [5.74, 6) is -1.45. The third-order valence-corrected chi connectivity index (χ3v) is 4.38. The number of aliphatic carboxylic acids is 1. The molecule has 1 aliphatic rings. The Bertz CT molecular complexity index is 619. The first kappa shape index (κ1) is 15.4. The Labute approximate surface area is 123 Å². The van der Waals surface area contributed by atoms with Gasteiger partial charge in [0.1, 0.15) is 5.82 Å². The van der Waals surface area contributed by atoms with Crippen LogP contribution in [0, 0.1) is 5.82 Å². The first-order chi connectivity index (χ1) is 9.97. The Morgan fingerprint density at radius 1 is 1.29 bits per heavy atom. The number of carboxylic acid groups (broad SMARTS) is 1. The average Bonchev–Trinajstić information content (AvgIpc) is 2.46. The van der Waals surface area contributed by atoms with Gasteiger partial charge in [-0.1, -0.05) is 6.07 Å². The highest BCUT2D eigenvalue weighted by molar-refractivity contribution is 7.85. The quantitative estimate of drug-likeness (QED) is 0.849. The molecule has 1 amide bonds. The van der Waals surface area contributed by atoms with Gasteiger partial charge >= 0.3 is 5.97 Å². The molecular weight excluding hydrogens is 297 g/mol. The summed E-state index contributed by atoms with van der Waals surface area (Å²) in [6.07, 6.45) is 2.22. The molecule has 2 rings (SSSR count). The molecule has 5 nitrogen and oxygen atoms in total. The van der Waals surface area contributed by atoms with E-state index < -0.39 is 28.5 Å². The maximum absolute atomic E-state index is 13.8. The summed E-state index contributed by atoms with van der Waals surface area (Å²) >= 11 is 0. The minimum absolute atomic E-state index is 0.102. The number of carboxylic acids is 1. The second kappa shape index (κ2) is 6.62. The number of hydrogen-bond donors (Lipinski definition) is 1. The number of amides is 1. The fourth-order valence-electron chi connectivity index (χ4n) is 1.99. The molecular formula is C14H14FNO4S. The van der Waals surface area contributed by atoms with E-state index in [2.05, 4.69) is 0 Å². The lowest BCUT2D eigenvalue weighted by atomic mass is 10.1. The van der Waals surface area contributed by atoms with Crippen LogP contribution in [0.5, 0.6) is 0 Å². The maximum atomic E-state index is 13.8. The monoisotopic (exact) mass is 311 g/mol. The SMILES string of the molecule is O=C(O)C=Cc1ccc(F)c(C(=O)N2CCS(=O)CC2)c1. The molecule has 0 saturated carbocycles. The Kier molecular flexibility index (Phi) is 4.85. The Morgan fingerprint density at radius 2 is 1.95 bits per heavy atom. The van der Waals surface area contributed by atoms with E-state index in [1.54, 1.807) is 0 Å². The zero-order valence-electron chi connectivity index (χ0n) is 11.1. The van der Waals surface area contributed by atoms with Gasteiger partial charge in [-0.3, -0.25) is 9.00 Å². The van der Waals surface area contributed by atoms with Crippen molar-refractivity contribution in [1.82, 2.24) is 4.90 Å². The summed E-state index contributed by atoms with van der Waals surface area (Å²) < 4.78 is 25.1. The number of rotatable bonds is 3. The van der Waals surface area contributed by atoms with Gasteiger partial charge in [0.15, 0.2) is 0 Å². The van der Waals surface area contributed by atoms with E-state index in [1.807, 2.05) is 0 Å². The summed E-state index contributed by atoms with van der Waals surface area (Å²) in [6, 6.07) is 3.86. The Morgan fingerprint density at radius 3 is 2.57 bits per heavy atom. The lowest BCUT2D eigenvalue weighted by Crippen LogP contribution is -2.42. The third kappa shape index (κ3) is 3.98. The van der Waals surface area contributed by atoms with Crippen molar-refractivity contribution in [3.8, 4) is 0 Å². The topological polar surface area (TPSA) is 74.7 Å². The van der Waals surface area contributed by atoms with Crippen molar-refractivity contribution in [2.45, 2.75) is 0 Å². The number of benzene rings is 1. The minimum atomic E-state index is -1.12. The molecule has 1 fully saturated rings. The highest BCUT2D eigenvalue weighted by Crippen LogP contribution is 2.15. The van der Waals surface area contributed by atoms with Gasteiger partial charge in [-0.2, -0.15) is 0 Å². The second-order valence-corrected chi connectivity index (χ2v) is 6.25. The molecule has 1 aromatic carbocycles. The van der Waals surface area contributed by atoms with E-state index in [0.717, 1.165) is 12.1 Å². The van der Waals surface area contributed by atoms with E-state index in [-0.39, 0.29) is 5.56 Å². The number of hydrogen-bond acceptors (Lipinski definition) is 3. The molecule has 0 spiro atoms. The summed E-state index contributed by atoms with van der Waals surface area (Å²) in [5, 5.41) is 8.57. The van der Waals surface area contributed by atoms with Gasteiger partial charge in [-0.15, -0.1) is 0 Å². The highest BCUT2D eigenvalue weighted by Gasteiger charge is 2.23. The molecule has 1 saturated heterocycles. The van der Waals surface area contributed by atoms with Gasteiger partial charge < -0.3 is 10.0 Å². The van der Waals surface area contributed by atoms with Crippen molar-refractivity contribution in [3.05, 3.63) is 41.2 Å². The maximum Gasteiger partial charge on any atom is 0.328 e. The van der Waals surface area contributed by atoms with E-state index in [1.165, 1.54) is 23.1 Å². The number of halogens is 1. The van der Waals surface area contributed by atoms with Gasteiger partial charge in [0, 0.05) is 41.5 Å². The summed E-state index contributed by atoms with van der Waals surface area (Å²) in [5.41, 5.74) is 0.331. The molecule has 7 heteroatoms. The van der Waals surface area contributed by atoms with E-state index in [0.29, 0.717) is 30.2 Å². The van der Waals surface area contributed by atoms with Gasteiger partial charge in [0.25, 0.3) is 5.91 Å². The van der Waals surface area contributed by atoms with Crippen LogP contribution in [0.1, 0.15) is 15.9 Å². The molecule has 0 bridgehead atoms. The van der Waals surface area contributed by atoms with Crippen LogP contribution in [-0.2, 0) is 15.6 Å². The van der Waals surface area contributed by atoms with E-state index in [4.69, 9.17) is 5.11 Å². The van der Waals surface area contributed by atoms with Gasteiger partial charge in [0.05, 0.1) is 5.56 Å².